The number of urea groups is 1. The van der Waals surface area contributed by atoms with Gasteiger partial charge in [-0.05, 0) is 51.8 Å². The van der Waals surface area contributed by atoms with E-state index in [0.29, 0.717) is 6.04 Å². The minimum absolute atomic E-state index is 0.103. The van der Waals surface area contributed by atoms with Crippen molar-refractivity contribution in [3.63, 3.8) is 0 Å². The Morgan fingerprint density at radius 1 is 1.24 bits per heavy atom. The van der Waals surface area contributed by atoms with Gasteiger partial charge in [-0.15, -0.1) is 0 Å². The molecule has 2 N–H and O–H groups in total. The van der Waals surface area contributed by atoms with Crippen LogP contribution in [-0.2, 0) is 7.05 Å². The number of aryl methyl sites for hydroxylation is 2. The Bertz CT molecular complexity index is 1020. The summed E-state index contributed by atoms with van der Waals surface area (Å²) in [5.74, 6) is 1.10. The summed E-state index contributed by atoms with van der Waals surface area (Å²) in [6.07, 6.45) is 4.02. The summed E-state index contributed by atoms with van der Waals surface area (Å²) >= 11 is 0. The van der Waals surface area contributed by atoms with E-state index < -0.39 is 0 Å². The lowest BCUT2D eigenvalue weighted by Crippen LogP contribution is -2.49. The van der Waals surface area contributed by atoms with Crippen molar-refractivity contribution in [2.75, 3.05) is 23.3 Å². The van der Waals surface area contributed by atoms with Crippen LogP contribution in [0.15, 0.2) is 30.5 Å². The number of carbonyl (C=O) groups excluding carboxylic acids is 1. The second-order valence-electron chi connectivity index (χ2n) is 8.13. The summed E-state index contributed by atoms with van der Waals surface area (Å²) in [6.45, 7) is 7.96. The lowest BCUT2D eigenvalue weighted by atomic mass is 10.1. The fourth-order valence-electron chi connectivity index (χ4n) is 3.94. The van der Waals surface area contributed by atoms with E-state index in [4.69, 9.17) is 0 Å². The standard InChI is InChI=1S/C21H29N7O/c1-14(2)28-12-16-11-17(7-8-19(16)25-28)22-21(29)23-18-6-5-9-27(13-18)20-10-15(3)24-26(20)4/h7-8,10-12,14,18H,5-6,9,13H2,1-4H3,(H2,22,23,29). The Labute approximate surface area is 170 Å². The number of anilines is 2. The van der Waals surface area contributed by atoms with Crippen molar-refractivity contribution in [1.29, 1.82) is 0 Å². The number of carbonyl (C=O) groups is 1. The number of benzene rings is 1. The van der Waals surface area contributed by atoms with Crippen molar-refractivity contribution in [3.8, 4) is 0 Å². The molecule has 8 nitrogen and oxygen atoms in total. The van der Waals surface area contributed by atoms with Gasteiger partial charge in [0.1, 0.15) is 5.82 Å². The Hall–Kier alpha value is -3.03. The summed E-state index contributed by atoms with van der Waals surface area (Å²) < 4.78 is 3.84. The Kier molecular flexibility index (Phi) is 5.17. The van der Waals surface area contributed by atoms with E-state index in [9.17, 15) is 4.79 Å². The molecule has 8 heteroatoms. The zero-order valence-corrected chi connectivity index (χ0v) is 17.5. The first-order chi connectivity index (χ1) is 13.9. The topological polar surface area (TPSA) is 80.0 Å². The van der Waals surface area contributed by atoms with E-state index in [2.05, 4.69) is 45.6 Å². The fourth-order valence-corrected chi connectivity index (χ4v) is 3.94. The molecule has 29 heavy (non-hydrogen) atoms. The van der Waals surface area contributed by atoms with Gasteiger partial charge in [-0.2, -0.15) is 10.2 Å². The first kappa shape index (κ1) is 19.3. The highest BCUT2D eigenvalue weighted by Gasteiger charge is 2.23. The summed E-state index contributed by atoms with van der Waals surface area (Å²) in [7, 11) is 1.96. The molecule has 1 aromatic carbocycles. The maximum atomic E-state index is 12.6. The zero-order chi connectivity index (χ0) is 20.5. The second-order valence-corrected chi connectivity index (χ2v) is 8.13. The van der Waals surface area contributed by atoms with Gasteiger partial charge in [0, 0.05) is 55.6 Å². The smallest absolute Gasteiger partial charge is 0.319 e. The second kappa shape index (κ2) is 7.77. The van der Waals surface area contributed by atoms with Crippen LogP contribution in [-0.4, -0.2) is 44.7 Å². The van der Waals surface area contributed by atoms with Gasteiger partial charge in [0.05, 0.1) is 11.2 Å². The average molecular weight is 396 g/mol. The fraction of sp³-hybridized carbons (Fsp3) is 0.476. The molecule has 1 aliphatic heterocycles. The summed E-state index contributed by atoms with van der Waals surface area (Å²) in [6, 6.07) is 8.13. The first-order valence-corrected chi connectivity index (χ1v) is 10.2. The van der Waals surface area contributed by atoms with E-state index in [1.807, 2.05) is 47.7 Å². The first-order valence-electron chi connectivity index (χ1n) is 10.2. The van der Waals surface area contributed by atoms with Gasteiger partial charge in [0.2, 0.25) is 0 Å². The Morgan fingerprint density at radius 2 is 2.07 bits per heavy atom. The Balaban J connectivity index is 1.39. The third kappa shape index (κ3) is 4.21. The predicted molar refractivity (Wildman–Crippen MR) is 115 cm³/mol. The van der Waals surface area contributed by atoms with Crippen LogP contribution < -0.4 is 15.5 Å². The lowest BCUT2D eigenvalue weighted by Gasteiger charge is -2.34. The molecule has 3 aromatic rings. The van der Waals surface area contributed by atoms with Crippen molar-refractivity contribution in [2.24, 2.45) is 7.05 Å². The van der Waals surface area contributed by atoms with Gasteiger partial charge >= 0.3 is 6.03 Å². The highest BCUT2D eigenvalue weighted by atomic mass is 16.2. The van der Waals surface area contributed by atoms with Gasteiger partial charge in [0.15, 0.2) is 0 Å². The molecule has 1 saturated heterocycles. The molecule has 0 radical (unpaired) electrons. The highest BCUT2D eigenvalue weighted by Crippen LogP contribution is 2.22. The van der Waals surface area contributed by atoms with Crippen molar-refractivity contribution in [1.82, 2.24) is 24.9 Å². The number of nitrogens with one attached hydrogen (secondary N) is 2. The predicted octanol–water partition coefficient (Wildman–Crippen LogP) is 3.45. The molecule has 1 unspecified atom stereocenters. The van der Waals surface area contributed by atoms with Crippen LogP contribution in [0.5, 0.6) is 0 Å². The van der Waals surface area contributed by atoms with E-state index in [0.717, 1.165) is 54.0 Å². The van der Waals surface area contributed by atoms with Crippen molar-refractivity contribution in [2.45, 2.75) is 45.7 Å². The summed E-state index contributed by atoms with van der Waals surface area (Å²) in [4.78, 5) is 14.9. The van der Waals surface area contributed by atoms with Crippen LogP contribution in [0, 0.1) is 6.92 Å². The average Bonchev–Trinajstić information content (AvgIpc) is 3.24. The van der Waals surface area contributed by atoms with Gasteiger partial charge in [-0.1, -0.05) is 0 Å². The molecule has 0 spiro atoms. The number of nitrogens with zero attached hydrogens (tertiary/aromatic N) is 5. The molecule has 1 aliphatic rings. The van der Waals surface area contributed by atoms with Crippen LogP contribution in [0.3, 0.4) is 0 Å². The highest BCUT2D eigenvalue weighted by molar-refractivity contribution is 5.92. The SMILES string of the molecule is Cc1cc(N2CCCC(NC(=O)Nc3ccc4nn(C(C)C)cc4c3)C2)n(C)n1. The molecular formula is C21H29N7O. The normalized spacial score (nSPS) is 17.1. The molecule has 1 fully saturated rings. The number of rotatable bonds is 4. The van der Waals surface area contributed by atoms with Crippen LogP contribution >= 0.6 is 0 Å². The van der Waals surface area contributed by atoms with Crippen LogP contribution in [0.4, 0.5) is 16.3 Å². The van der Waals surface area contributed by atoms with Gasteiger partial charge in [0.25, 0.3) is 0 Å². The number of piperidine rings is 1. The van der Waals surface area contributed by atoms with Crippen molar-refractivity contribution >= 4 is 28.4 Å². The molecule has 1 atom stereocenters. The molecule has 0 bridgehead atoms. The van der Waals surface area contributed by atoms with Crippen LogP contribution in [0.25, 0.3) is 10.9 Å². The van der Waals surface area contributed by atoms with Crippen LogP contribution in [0.1, 0.15) is 38.4 Å². The number of amides is 2. The van der Waals surface area contributed by atoms with E-state index in [1.54, 1.807) is 0 Å². The van der Waals surface area contributed by atoms with Gasteiger partial charge in [-0.25, -0.2) is 4.79 Å². The molecule has 4 rings (SSSR count). The molecule has 154 valence electrons. The number of fused-ring (bicyclic) bond motifs is 1. The molecule has 0 saturated carbocycles. The van der Waals surface area contributed by atoms with E-state index >= 15 is 0 Å². The van der Waals surface area contributed by atoms with E-state index in [1.165, 1.54) is 0 Å². The number of aromatic nitrogens is 4. The van der Waals surface area contributed by atoms with Crippen molar-refractivity contribution < 1.29 is 4.79 Å². The molecule has 0 aliphatic carbocycles. The van der Waals surface area contributed by atoms with Gasteiger partial charge < -0.3 is 15.5 Å². The summed E-state index contributed by atoms with van der Waals surface area (Å²) in [5, 5.41) is 16.1. The van der Waals surface area contributed by atoms with E-state index in [-0.39, 0.29) is 12.1 Å². The molecule has 3 heterocycles. The zero-order valence-electron chi connectivity index (χ0n) is 17.5. The Morgan fingerprint density at radius 3 is 2.79 bits per heavy atom. The maximum absolute atomic E-state index is 12.6. The van der Waals surface area contributed by atoms with Gasteiger partial charge in [-0.3, -0.25) is 9.36 Å². The molecule has 2 amide bonds. The third-order valence-electron chi connectivity index (χ3n) is 5.37. The third-order valence-corrected chi connectivity index (χ3v) is 5.37. The monoisotopic (exact) mass is 395 g/mol. The minimum Gasteiger partial charge on any atom is -0.355 e. The molecular weight excluding hydrogens is 366 g/mol. The van der Waals surface area contributed by atoms with Crippen LogP contribution in [0.2, 0.25) is 0 Å². The molecule has 2 aromatic heterocycles. The quantitative estimate of drug-likeness (QED) is 0.709. The number of hydrogen-bond donors (Lipinski definition) is 2. The number of hydrogen-bond acceptors (Lipinski definition) is 4. The maximum Gasteiger partial charge on any atom is 0.319 e. The largest absolute Gasteiger partial charge is 0.355 e. The van der Waals surface area contributed by atoms with Crippen molar-refractivity contribution in [3.05, 3.63) is 36.2 Å². The summed E-state index contributed by atoms with van der Waals surface area (Å²) in [5.41, 5.74) is 2.71. The lowest BCUT2D eigenvalue weighted by molar-refractivity contribution is 0.246. The minimum atomic E-state index is -0.173.